The van der Waals surface area contributed by atoms with E-state index in [9.17, 15) is 14.4 Å². The number of rotatable bonds is 8. The zero-order valence-corrected chi connectivity index (χ0v) is 10.6. The summed E-state index contributed by atoms with van der Waals surface area (Å²) in [7, 11) is -4.71. The van der Waals surface area contributed by atoms with Crippen molar-refractivity contribution in [1.29, 1.82) is 0 Å². The Labute approximate surface area is 105 Å². The topological polar surface area (TPSA) is 102 Å². The molecule has 18 heavy (non-hydrogen) atoms. The number of aliphatic hydroxyl groups is 1. The molecule has 0 saturated carbocycles. The Morgan fingerprint density at radius 1 is 1.28 bits per heavy atom. The smallest absolute Gasteiger partial charge is 0.104 e. The van der Waals surface area contributed by atoms with Crippen LogP contribution in [-0.2, 0) is 20.6 Å². The van der Waals surface area contributed by atoms with Gasteiger partial charge < -0.3 is 28.9 Å². The van der Waals surface area contributed by atoms with Crippen LogP contribution in [-0.4, -0.2) is 30.8 Å². The molecule has 1 aromatic carbocycles. The first-order chi connectivity index (χ1) is 8.51. The van der Waals surface area contributed by atoms with Crippen molar-refractivity contribution in [1.82, 2.24) is 0 Å². The average molecular weight is 274 g/mol. The third-order valence-corrected chi connectivity index (χ3v) is 2.55. The van der Waals surface area contributed by atoms with Crippen LogP contribution in [0.5, 0.6) is 0 Å². The van der Waals surface area contributed by atoms with Crippen LogP contribution < -0.4 is 9.79 Å². The van der Waals surface area contributed by atoms with E-state index in [1.807, 2.05) is 30.3 Å². The molecule has 1 rings (SSSR count). The van der Waals surface area contributed by atoms with Crippen molar-refractivity contribution in [3.05, 3.63) is 35.9 Å². The lowest BCUT2D eigenvalue weighted by molar-refractivity contribution is -0.319. The zero-order valence-electron chi connectivity index (χ0n) is 9.73. The predicted octanol–water partition coefficient (Wildman–Crippen LogP) is -0.548. The van der Waals surface area contributed by atoms with Gasteiger partial charge in [0.1, 0.15) is 6.10 Å². The highest BCUT2D eigenvalue weighted by molar-refractivity contribution is 7.48. The molecular formula is C11H15O6P-2. The fourth-order valence-corrected chi connectivity index (χ4v) is 1.63. The molecule has 0 fully saturated rings. The third-order valence-electron chi connectivity index (χ3n) is 2.09. The van der Waals surface area contributed by atoms with Gasteiger partial charge in [-0.1, -0.05) is 30.3 Å². The molecule has 1 aromatic rings. The lowest BCUT2D eigenvalue weighted by Crippen LogP contribution is -2.28. The van der Waals surface area contributed by atoms with Crippen LogP contribution in [0.4, 0.5) is 0 Å². The second-order valence-electron chi connectivity index (χ2n) is 3.71. The summed E-state index contributed by atoms with van der Waals surface area (Å²) in [6, 6.07) is 9.35. The van der Waals surface area contributed by atoms with E-state index in [4.69, 9.17) is 14.6 Å². The monoisotopic (exact) mass is 274 g/mol. The Morgan fingerprint density at radius 2 is 1.94 bits per heavy atom. The minimum Gasteiger partial charge on any atom is -0.809 e. The Kier molecular flexibility index (Phi) is 6.49. The van der Waals surface area contributed by atoms with Gasteiger partial charge in [0, 0.05) is 0 Å². The summed E-state index contributed by atoms with van der Waals surface area (Å²) in [6.45, 7) is -0.0622. The van der Waals surface area contributed by atoms with Crippen LogP contribution in [0, 0.1) is 0 Å². The van der Waals surface area contributed by atoms with Crippen LogP contribution >= 0.6 is 7.60 Å². The largest absolute Gasteiger partial charge is 0.809 e. The number of ether oxygens (including phenoxy) is 2. The SMILES string of the molecule is O=P([O-])([O-])COC(CO)COCc1ccccc1. The van der Waals surface area contributed by atoms with Crippen molar-refractivity contribution in [2.75, 3.05) is 19.6 Å². The zero-order chi connectivity index (χ0) is 13.4. The van der Waals surface area contributed by atoms with Crippen molar-refractivity contribution in [3.63, 3.8) is 0 Å². The van der Waals surface area contributed by atoms with E-state index < -0.39 is 26.7 Å². The lowest BCUT2D eigenvalue weighted by atomic mass is 10.2. The molecule has 1 unspecified atom stereocenters. The summed E-state index contributed by atoms with van der Waals surface area (Å²) in [5.74, 6) is 0. The first-order valence-corrected chi connectivity index (χ1v) is 7.09. The van der Waals surface area contributed by atoms with E-state index in [0.717, 1.165) is 5.56 Å². The van der Waals surface area contributed by atoms with Crippen LogP contribution in [0.3, 0.4) is 0 Å². The first kappa shape index (κ1) is 15.3. The van der Waals surface area contributed by atoms with Gasteiger partial charge in [0.2, 0.25) is 0 Å². The summed E-state index contributed by atoms with van der Waals surface area (Å²) in [5, 5.41) is 8.92. The van der Waals surface area contributed by atoms with Crippen molar-refractivity contribution in [3.8, 4) is 0 Å². The second kappa shape index (κ2) is 7.63. The fraction of sp³-hybridized carbons (Fsp3) is 0.455. The van der Waals surface area contributed by atoms with Gasteiger partial charge in [-0.15, -0.1) is 0 Å². The summed E-state index contributed by atoms with van der Waals surface area (Å²) >= 11 is 0. The van der Waals surface area contributed by atoms with E-state index in [2.05, 4.69) is 0 Å². The number of hydrogen-bond acceptors (Lipinski definition) is 6. The highest BCUT2D eigenvalue weighted by Gasteiger charge is 2.08. The van der Waals surface area contributed by atoms with Crippen molar-refractivity contribution in [2.45, 2.75) is 12.7 Å². The maximum absolute atomic E-state index is 10.4. The molecule has 0 radical (unpaired) electrons. The summed E-state index contributed by atoms with van der Waals surface area (Å²) < 4.78 is 20.4. The molecule has 0 saturated heterocycles. The first-order valence-electron chi connectivity index (χ1n) is 5.36. The van der Waals surface area contributed by atoms with Crippen molar-refractivity contribution >= 4 is 7.60 Å². The molecule has 0 amide bonds. The van der Waals surface area contributed by atoms with E-state index in [1.165, 1.54) is 0 Å². The number of benzene rings is 1. The van der Waals surface area contributed by atoms with Gasteiger partial charge in [-0.3, -0.25) is 0 Å². The van der Waals surface area contributed by atoms with Gasteiger partial charge in [-0.2, -0.15) is 0 Å². The van der Waals surface area contributed by atoms with E-state index >= 15 is 0 Å². The van der Waals surface area contributed by atoms with E-state index in [1.54, 1.807) is 0 Å². The molecule has 1 atom stereocenters. The Hall–Kier alpha value is -0.750. The Bertz CT molecular complexity index is 376. The molecule has 0 aliphatic carbocycles. The molecule has 7 heteroatoms. The molecule has 0 spiro atoms. The molecule has 0 aliphatic rings. The van der Waals surface area contributed by atoms with Gasteiger partial charge in [0.15, 0.2) is 0 Å². The maximum Gasteiger partial charge on any atom is 0.104 e. The predicted molar refractivity (Wildman–Crippen MR) is 60.5 cm³/mol. The maximum atomic E-state index is 10.4. The van der Waals surface area contributed by atoms with Crippen LogP contribution in [0.15, 0.2) is 30.3 Å². The molecule has 0 heterocycles. The van der Waals surface area contributed by atoms with Gasteiger partial charge in [-0.25, -0.2) is 0 Å². The normalized spacial score (nSPS) is 13.5. The van der Waals surface area contributed by atoms with Crippen molar-refractivity contribution in [2.24, 2.45) is 0 Å². The Morgan fingerprint density at radius 3 is 2.50 bits per heavy atom. The highest BCUT2D eigenvalue weighted by atomic mass is 31.2. The minimum atomic E-state index is -4.71. The van der Waals surface area contributed by atoms with Crippen molar-refractivity contribution < 1.29 is 28.9 Å². The summed E-state index contributed by atoms with van der Waals surface area (Å²) in [6.07, 6.45) is -1.75. The van der Waals surface area contributed by atoms with Gasteiger partial charge in [0.25, 0.3) is 0 Å². The molecule has 0 aromatic heterocycles. The highest BCUT2D eigenvalue weighted by Crippen LogP contribution is 2.23. The van der Waals surface area contributed by atoms with Crippen LogP contribution in [0.2, 0.25) is 0 Å². The molecular weight excluding hydrogens is 259 g/mol. The number of hydrogen-bond donors (Lipinski definition) is 1. The number of aliphatic hydroxyl groups excluding tert-OH is 1. The third kappa shape index (κ3) is 6.86. The quantitative estimate of drug-likeness (QED) is 0.638. The Balaban J connectivity index is 2.25. The lowest BCUT2D eigenvalue weighted by Gasteiger charge is -2.30. The van der Waals surface area contributed by atoms with Gasteiger partial charge >= 0.3 is 0 Å². The van der Waals surface area contributed by atoms with E-state index in [-0.39, 0.29) is 6.61 Å². The van der Waals surface area contributed by atoms with Crippen LogP contribution in [0.1, 0.15) is 5.56 Å². The van der Waals surface area contributed by atoms with Gasteiger partial charge in [0.05, 0.1) is 26.2 Å². The standard InChI is InChI=1S/C11H17O6P/c12-6-11(17-9-18(13,14)15)8-16-7-10-4-2-1-3-5-10/h1-5,11-12H,6-9H2,(H2,13,14,15)/p-2. The molecule has 0 aliphatic heterocycles. The minimum absolute atomic E-state index is 0.0192. The molecule has 1 N–H and O–H groups in total. The van der Waals surface area contributed by atoms with Gasteiger partial charge in [-0.05, 0) is 13.2 Å². The second-order valence-corrected chi connectivity index (χ2v) is 5.19. The summed E-state index contributed by atoms with van der Waals surface area (Å²) in [4.78, 5) is 20.7. The molecule has 0 bridgehead atoms. The molecule has 6 nitrogen and oxygen atoms in total. The molecule has 102 valence electrons. The van der Waals surface area contributed by atoms with E-state index in [0.29, 0.717) is 6.61 Å². The summed E-state index contributed by atoms with van der Waals surface area (Å²) in [5.41, 5.74) is 0.951. The average Bonchev–Trinajstić information content (AvgIpc) is 2.33. The fourth-order valence-electron chi connectivity index (χ4n) is 1.23. The van der Waals surface area contributed by atoms with Crippen LogP contribution in [0.25, 0.3) is 0 Å².